The van der Waals surface area contributed by atoms with Crippen LogP contribution in [0.25, 0.3) is 0 Å². The summed E-state index contributed by atoms with van der Waals surface area (Å²) in [6.07, 6.45) is 1.04. The minimum absolute atomic E-state index is 0.102. The largest absolute Gasteiger partial charge is 0.495 e. The number of anilines is 1. The third kappa shape index (κ3) is 7.21. The van der Waals surface area contributed by atoms with Crippen molar-refractivity contribution in [1.29, 1.82) is 0 Å². The van der Waals surface area contributed by atoms with E-state index in [-0.39, 0.29) is 24.2 Å². The van der Waals surface area contributed by atoms with E-state index in [0.29, 0.717) is 5.75 Å². The average molecular weight is 490 g/mol. The third-order valence-electron chi connectivity index (χ3n) is 5.35. The van der Waals surface area contributed by atoms with Crippen LogP contribution in [-0.2, 0) is 26.2 Å². The summed E-state index contributed by atoms with van der Waals surface area (Å²) in [4.78, 5) is 27.8. The molecular weight excluding hydrogens is 454 g/mol. The lowest BCUT2D eigenvalue weighted by Crippen LogP contribution is -2.52. The van der Waals surface area contributed by atoms with Crippen LogP contribution in [0, 0.1) is 13.8 Å². The molecule has 0 aliphatic rings. The number of hydrogen-bond donors (Lipinski definition) is 1. The Morgan fingerprint density at radius 1 is 1.00 bits per heavy atom. The molecule has 0 aromatic heterocycles. The highest BCUT2D eigenvalue weighted by Crippen LogP contribution is 2.31. The molecule has 9 heteroatoms. The molecule has 2 aromatic rings. The van der Waals surface area contributed by atoms with E-state index in [1.807, 2.05) is 52.0 Å². The van der Waals surface area contributed by atoms with Crippen molar-refractivity contribution in [3.05, 3.63) is 59.2 Å². The normalized spacial score (nSPS) is 12.2. The van der Waals surface area contributed by atoms with Crippen LogP contribution in [-0.4, -0.2) is 57.1 Å². The van der Waals surface area contributed by atoms with Gasteiger partial charge in [-0.2, -0.15) is 0 Å². The highest BCUT2D eigenvalue weighted by atomic mass is 32.2. The van der Waals surface area contributed by atoms with E-state index >= 15 is 0 Å². The fraction of sp³-hybridized carbons (Fsp3) is 0.440. The monoisotopic (exact) mass is 489 g/mol. The van der Waals surface area contributed by atoms with E-state index < -0.39 is 28.5 Å². The van der Waals surface area contributed by atoms with Crippen molar-refractivity contribution in [2.45, 2.75) is 53.2 Å². The van der Waals surface area contributed by atoms with E-state index in [9.17, 15) is 18.0 Å². The van der Waals surface area contributed by atoms with Crippen LogP contribution in [0.15, 0.2) is 42.5 Å². The van der Waals surface area contributed by atoms with Gasteiger partial charge in [0.25, 0.3) is 0 Å². The quantitative estimate of drug-likeness (QED) is 0.554. The molecule has 1 atom stereocenters. The number of hydrogen-bond acceptors (Lipinski definition) is 5. The van der Waals surface area contributed by atoms with Gasteiger partial charge in [0.15, 0.2) is 0 Å². The lowest BCUT2D eigenvalue weighted by atomic mass is 10.1. The summed E-state index contributed by atoms with van der Waals surface area (Å²) in [6.45, 7) is 8.80. The molecule has 2 rings (SSSR count). The van der Waals surface area contributed by atoms with Crippen molar-refractivity contribution >= 4 is 27.5 Å². The molecule has 1 N–H and O–H groups in total. The maximum absolute atomic E-state index is 13.6. The number of methoxy groups -OCH3 is 1. The Hall–Kier alpha value is -3.07. The Balaban J connectivity index is 2.45. The van der Waals surface area contributed by atoms with Crippen LogP contribution < -0.4 is 14.4 Å². The van der Waals surface area contributed by atoms with Crippen molar-refractivity contribution in [2.24, 2.45) is 0 Å². The van der Waals surface area contributed by atoms with Crippen LogP contribution >= 0.6 is 0 Å². The minimum atomic E-state index is -3.83. The number of nitrogens with one attached hydrogen (secondary N) is 1. The summed E-state index contributed by atoms with van der Waals surface area (Å²) in [5, 5.41) is 2.83. The maximum atomic E-state index is 13.6. The number of rotatable bonds is 10. The standard InChI is InChI=1S/C25H35N3O5S/c1-17(2)26-25(30)20(5)27(15-21-11-8-18(3)9-12-21)24(29)16-28(34(7,31)32)22-14-19(4)10-13-23(22)33-6/h8-14,17,20H,15-16H2,1-7H3,(H,26,30). The van der Waals surface area contributed by atoms with Crippen molar-refractivity contribution in [2.75, 3.05) is 24.2 Å². The van der Waals surface area contributed by atoms with Crippen molar-refractivity contribution < 1.29 is 22.7 Å². The molecule has 0 fully saturated rings. The zero-order chi connectivity index (χ0) is 25.6. The summed E-state index contributed by atoms with van der Waals surface area (Å²) in [5.74, 6) is -0.477. The second-order valence-electron chi connectivity index (χ2n) is 8.79. The Morgan fingerprint density at radius 2 is 1.59 bits per heavy atom. The minimum Gasteiger partial charge on any atom is -0.495 e. The van der Waals surface area contributed by atoms with Crippen molar-refractivity contribution in [3.8, 4) is 5.75 Å². The van der Waals surface area contributed by atoms with Gasteiger partial charge in [0, 0.05) is 12.6 Å². The molecule has 2 aromatic carbocycles. The molecule has 0 aliphatic heterocycles. The molecule has 0 aliphatic carbocycles. The molecule has 2 amide bonds. The second-order valence-corrected chi connectivity index (χ2v) is 10.7. The Morgan fingerprint density at radius 3 is 2.12 bits per heavy atom. The SMILES string of the molecule is COc1ccc(C)cc1N(CC(=O)N(Cc1ccc(C)cc1)C(C)C(=O)NC(C)C)S(C)(=O)=O. The Kier molecular flexibility index (Phi) is 9.09. The number of carbonyl (C=O) groups excluding carboxylic acids is 2. The van der Waals surface area contributed by atoms with Gasteiger partial charge in [0.05, 0.1) is 19.1 Å². The molecule has 0 saturated heterocycles. The molecule has 0 saturated carbocycles. The van der Waals surface area contributed by atoms with E-state index in [0.717, 1.165) is 27.3 Å². The van der Waals surface area contributed by atoms with Gasteiger partial charge in [-0.1, -0.05) is 35.9 Å². The highest BCUT2D eigenvalue weighted by molar-refractivity contribution is 7.92. The highest BCUT2D eigenvalue weighted by Gasteiger charge is 2.31. The van der Waals surface area contributed by atoms with Crippen LogP contribution in [0.1, 0.15) is 37.5 Å². The number of amides is 2. The molecule has 0 bridgehead atoms. The van der Waals surface area contributed by atoms with Crippen LogP contribution in [0.5, 0.6) is 5.75 Å². The zero-order valence-corrected chi connectivity index (χ0v) is 21.8. The summed E-state index contributed by atoms with van der Waals surface area (Å²) in [5.41, 5.74) is 3.00. The molecule has 34 heavy (non-hydrogen) atoms. The Labute approximate surface area is 202 Å². The van der Waals surface area contributed by atoms with Gasteiger partial charge in [-0.25, -0.2) is 8.42 Å². The summed E-state index contributed by atoms with van der Waals surface area (Å²) >= 11 is 0. The third-order valence-corrected chi connectivity index (χ3v) is 6.48. The lowest BCUT2D eigenvalue weighted by molar-refractivity contribution is -0.139. The van der Waals surface area contributed by atoms with E-state index in [1.54, 1.807) is 25.1 Å². The molecule has 1 unspecified atom stereocenters. The van der Waals surface area contributed by atoms with Crippen molar-refractivity contribution in [3.63, 3.8) is 0 Å². The van der Waals surface area contributed by atoms with Crippen molar-refractivity contribution in [1.82, 2.24) is 10.2 Å². The first-order chi connectivity index (χ1) is 15.8. The van der Waals surface area contributed by atoms with Gasteiger partial charge in [-0.05, 0) is 57.9 Å². The van der Waals surface area contributed by atoms with E-state index in [4.69, 9.17) is 4.74 Å². The fourth-order valence-corrected chi connectivity index (χ4v) is 4.31. The van der Waals surface area contributed by atoms with Gasteiger partial charge in [-0.15, -0.1) is 0 Å². The van der Waals surface area contributed by atoms with E-state index in [1.165, 1.54) is 12.0 Å². The Bertz CT molecular complexity index is 1110. The number of carbonyl (C=O) groups is 2. The van der Waals surface area contributed by atoms with Gasteiger partial charge in [0.1, 0.15) is 18.3 Å². The summed E-state index contributed by atoms with van der Waals surface area (Å²) in [6, 6.07) is 11.8. The van der Waals surface area contributed by atoms with Gasteiger partial charge >= 0.3 is 0 Å². The lowest BCUT2D eigenvalue weighted by Gasteiger charge is -2.32. The fourth-order valence-electron chi connectivity index (χ4n) is 3.47. The van der Waals surface area contributed by atoms with Crippen LogP contribution in [0.3, 0.4) is 0 Å². The number of benzene rings is 2. The average Bonchev–Trinajstić information content (AvgIpc) is 2.75. The number of aryl methyl sites for hydroxylation is 2. The molecule has 8 nitrogen and oxygen atoms in total. The first-order valence-corrected chi connectivity index (χ1v) is 13.0. The molecular formula is C25H35N3O5S. The number of ether oxygens (including phenoxy) is 1. The predicted molar refractivity (Wildman–Crippen MR) is 134 cm³/mol. The zero-order valence-electron chi connectivity index (χ0n) is 21.0. The summed E-state index contributed by atoms with van der Waals surface area (Å²) in [7, 11) is -2.39. The first kappa shape index (κ1) is 27.2. The van der Waals surface area contributed by atoms with E-state index in [2.05, 4.69) is 5.32 Å². The van der Waals surface area contributed by atoms with Crippen LogP contribution in [0.4, 0.5) is 5.69 Å². The molecule has 0 radical (unpaired) electrons. The predicted octanol–water partition coefficient (Wildman–Crippen LogP) is 3.02. The molecule has 186 valence electrons. The maximum Gasteiger partial charge on any atom is 0.244 e. The smallest absolute Gasteiger partial charge is 0.244 e. The summed E-state index contributed by atoms with van der Waals surface area (Å²) < 4.78 is 31.9. The van der Waals surface area contributed by atoms with Crippen LogP contribution in [0.2, 0.25) is 0 Å². The van der Waals surface area contributed by atoms with Gasteiger partial charge < -0.3 is 15.0 Å². The number of sulfonamides is 1. The molecule has 0 heterocycles. The second kappa shape index (κ2) is 11.4. The number of nitrogens with zero attached hydrogens (tertiary/aromatic N) is 2. The topological polar surface area (TPSA) is 96.0 Å². The van der Waals surface area contributed by atoms with Gasteiger partial charge in [-0.3, -0.25) is 13.9 Å². The van der Waals surface area contributed by atoms with Gasteiger partial charge in [0.2, 0.25) is 21.8 Å². The molecule has 0 spiro atoms. The first-order valence-electron chi connectivity index (χ1n) is 11.1.